The second kappa shape index (κ2) is 5.73. The minimum atomic E-state index is -0.702. The summed E-state index contributed by atoms with van der Waals surface area (Å²) in [6.07, 6.45) is 1.58. The molecule has 6 nitrogen and oxygen atoms in total. The number of anilines is 1. The molecular weight excluding hydrogens is 264 g/mol. The second-order valence-electron chi connectivity index (χ2n) is 4.93. The van der Waals surface area contributed by atoms with Gasteiger partial charge in [-0.15, -0.1) is 0 Å². The first kappa shape index (κ1) is 14.0. The third-order valence-corrected chi connectivity index (χ3v) is 4.87. The van der Waals surface area contributed by atoms with E-state index in [9.17, 15) is 9.00 Å². The monoisotopic (exact) mass is 284 g/mol. The molecule has 2 rings (SSSR count). The first-order valence-corrected chi connectivity index (χ1v) is 7.90. The number of nitrogen functional groups attached to an aromatic ring is 1. The lowest BCUT2D eigenvalue weighted by atomic mass is 10.1. The molecular formula is C12H20N4O2S. The number of hydrogen-bond acceptors (Lipinski definition) is 4. The summed E-state index contributed by atoms with van der Waals surface area (Å²) in [5.41, 5.74) is 8.03. The number of rotatable bonds is 3. The second-order valence-corrected chi connectivity index (χ2v) is 6.63. The van der Waals surface area contributed by atoms with Crippen LogP contribution in [0.25, 0.3) is 0 Å². The van der Waals surface area contributed by atoms with Crippen molar-refractivity contribution in [2.75, 3.05) is 17.2 Å². The average Bonchev–Trinajstić information content (AvgIpc) is 2.60. The summed E-state index contributed by atoms with van der Waals surface area (Å²) in [6.45, 7) is 3.86. The van der Waals surface area contributed by atoms with E-state index < -0.39 is 10.8 Å². The quantitative estimate of drug-likeness (QED) is 0.824. The van der Waals surface area contributed by atoms with Crippen LogP contribution in [0.4, 0.5) is 5.69 Å². The Morgan fingerprint density at radius 3 is 2.63 bits per heavy atom. The zero-order valence-corrected chi connectivity index (χ0v) is 12.1. The number of aromatic nitrogens is 2. The van der Waals surface area contributed by atoms with Crippen molar-refractivity contribution in [1.82, 2.24) is 15.1 Å². The largest absolute Gasteiger partial charge is 0.396 e. The van der Waals surface area contributed by atoms with Gasteiger partial charge in [0.05, 0.1) is 17.1 Å². The van der Waals surface area contributed by atoms with Crippen molar-refractivity contribution in [1.29, 1.82) is 0 Å². The fraction of sp³-hybridized carbons (Fsp3) is 0.667. The summed E-state index contributed by atoms with van der Waals surface area (Å²) in [4.78, 5) is 11.9. The summed E-state index contributed by atoms with van der Waals surface area (Å²) in [7, 11) is -0.702. The lowest BCUT2D eigenvalue weighted by Crippen LogP contribution is -2.41. The Labute approximate surface area is 115 Å². The van der Waals surface area contributed by atoms with E-state index in [-0.39, 0.29) is 18.5 Å². The van der Waals surface area contributed by atoms with Gasteiger partial charge < -0.3 is 11.1 Å². The maximum atomic E-state index is 11.9. The van der Waals surface area contributed by atoms with Gasteiger partial charge in [0, 0.05) is 28.3 Å². The van der Waals surface area contributed by atoms with Crippen molar-refractivity contribution in [2.24, 2.45) is 0 Å². The molecule has 1 aromatic rings. The van der Waals surface area contributed by atoms with Gasteiger partial charge in [-0.25, -0.2) is 0 Å². The van der Waals surface area contributed by atoms with Gasteiger partial charge in [0.2, 0.25) is 5.91 Å². The molecule has 1 aliphatic heterocycles. The van der Waals surface area contributed by atoms with Crippen molar-refractivity contribution in [3.05, 3.63) is 11.4 Å². The lowest BCUT2D eigenvalue weighted by Gasteiger charge is -2.22. The normalized spacial score (nSPS) is 23.3. The third kappa shape index (κ3) is 3.34. The zero-order chi connectivity index (χ0) is 14.0. The molecule has 106 valence electrons. The van der Waals surface area contributed by atoms with Crippen LogP contribution in [0.15, 0.2) is 0 Å². The van der Waals surface area contributed by atoms with Crippen LogP contribution >= 0.6 is 0 Å². The van der Waals surface area contributed by atoms with E-state index >= 15 is 0 Å². The topological polar surface area (TPSA) is 90.0 Å². The summed E-state index contributed by atoms with van der Waals surface area (Å²) in [5.74, 6) is 1.29. The van der Waals surface area contributed by atoms with Gasteiger partial charge in [-0.1, -0.05) is 0 Å². The molecule has 0 unspecified atom stereocenters. The number of nitrogens with one attached hydrogen (secondary N) is 1. The number of nitrogens with two attached hydrogens (primary N) is 1. The SMILES string of the molecule is Cc1nn(CC(=O)NC2CCS(=O)CC2)c(C)c1N. The molecule has 1 amide bonds. The van der Waals surface area contributed by atoms with Crippen LogP contribution in [0.5, 0.6) is 0 Å². The van der Waals surface area contributed by atoms with Crippen LogP contribution < -0.4 is 11.1 Å². The first-order valence-electron chi connectivity index (χ1n) is 6.41. The fourth-order valence-electron chi connectivity index (χ4n) is 2.21. The molecule has 0 spiro atoms. The molecule has 0 bridgehead atoms. The Bertz CT molecular complexity index is 502. The number of carbonyl (C=O) groups is 1. The molecule has 3 N–H and O–H groups in total. The van der Waals surface area contributed by atoms with Crippen molar-refractivity contribution >= 4 is 22.4 Å². The standard InChI is InChI=1S/C12H20N4O2S/c1-8-12(13)9(2)16(15-8)7-11(17)14-10-3-5-19(18)6-4-10/h10H,3-7,13H2,1-2H3,(H,14,17). The molecule has 1 saturated heterocycles. The Kier molecular flexibility index (Phi) is 4.24. The van der Waals surface area contributed by atoms with Gasteiger partial charge in [-0.3, -0.25) is 13.7 Å². The molecule has 1 aliphatic rings. The van der Waals surface area contributed by atoms with Crippen LogP contribution in [0.1, 0.15) is 24.2 Å². The number of nitrogens with zero attached hydrogens (tertiary/aromatic N) is 2. The van der Waals surface area contributed by atoms with Gasteiger partial charge in [0.1, 0.15) is 6.54 Å². The summed E-state index contributed by atoms with van der Waals surface area (Å²) in [6, 6.07) is 0.138. The number of carbonyl (C=O) groups excluding carboxylic acids is 1. The van der Waals surface area contributed by atoms with Crippen molar-refractivity contribution < 1.29 is 9.00 Å². The zero-order valence-electron chi connectivity index (χ0n) is 11.3. The van der Waals surface area contributed by atoms with Crippen molar-refractivity contribution in [3.8, 4) is 0 Å². The highest BCUT2D eigenvalue weighted by Crippen LogP contribution is 2.14. The number of aryl methyl sites for hydroxylation is 1. The Hall–Kier alpha value is -1.37. The van der Waals surface area contributed by atoms with Gasteiger partial charge >= 0.3 is 0 Å². The number of hydrogen-bond donors (Lipinski definition) is 2. The molecule has 7 heteroatoms. The highest BCUT2D eigenvalue weighted by atomic mass is 32.2. The molecule has 0 aromatic carbocycles. The number of amides is 1. The van der Waals surface area contributed by atoms with E-state index in [4.69, 9.17) is 5.73 Å². The Balaban J connectivity index is 1.90. The minimum Gasteiger partial charge on any atom is -0.396 e. The van der Waals surface area contributed by atoms with E-state index in [0.29, 0.717) is 17.2 Å². The molecule has 2 heterocycles. The van der Waals surface area contributed by atoms with Crippen LogP contribution in [0.3, 0.4) is 0 Å². The van der Waals surface area contributed by atoms with Crippen LogP contribution in [-0.4, -0.2) is 37.4 Å². The van der Waals surface area contributed by atoms with E-state index in [1.165, 1.54) is 0 Å². The molecule has 19 heavy (non-hydrogen) atoms. The van der Waals surface area contributed by atoms with Gasteiger partial charge in [-0.2, -0.15) is 5.10 Å². The van der Waals surface area contributed by atoms with E-state index in [0.717, 1.165) is 24.2 Å². The molecule has 0 atom stereocenters. The van der Waals surface area contributed by atoms with E-state index in [1.54, 1.807) is 4.68 Å². The molecule has 1 fully saturated rings. The van der Waals surface area contributed by atoms with Crippen molar-refractivity contribution in [2.45, 2.75) is 39.3 Å². The fourth-order valence-corrected chi connectivity index (χ4v) is 3.51. The maximum Gasteiger partial charge on any atom is 0.241 e. The molecule has 0 saturated carbocycles. The molecule has 0 aliphatic carbocycles. The first-order chi connectivity index (χ1) is 8.97. The summed E-state index contributed by atoms with van der Waals surface area (Å²) >= 11 is 0. The minimum absolute atomic E-state index is 0.0664. The van der Waals surface area contributed by atoms with E-state index in [1.807, 2.05) is 13.8 Å². The smallest absolute Gasteiger partial charge is 0.241 e. The highest BCUT2D eigenvalue weighted by Gasteiger charge is 2.20. The van der Waals surface area contributed by atoms with Crippen molar-refractivity contribution in [3.63, 3.8) is 0 Å². The van der Waals surface area contributed by atoms with Gasteiger partial charge in [0.15, 0.2) is 0 Å². The van der Waals surface area contributed by atoms with Crippen LogP contribution in [-0.2, 0) is 22.1 Å². The van der Waals surface area contributed by atoms with Crippen LogP contribution in [0.2, 0.25) is 0 Å². The predicted molar refractivity (Wildman–Crippen MR) is 75.2 cm³/mol. The predicted octanol–water partition coefficient (Wildman–Crippen LogP) is 0.109. The molecule has 0 radical (unpaired) electrons. The lowest BCUT2D eigenvalue weighted by molar-refractivity contribution is -0.122. The van der Waals surface area contributed by atoms with Gasteiger partial charge in [0.25, 0.3) is 0 Å². The van der Waals surface area contributed by atoms with Crippen LogP contribution in [0, 0.1) is 13.8 Å². The maximum absolute atomic E-state index is 11.9. The average molecular weight is 284 g/mol. The highest BCUT2D eigenvalue weighted by molar-refractivity contribution is 7.85. The van der Waals surface area contributed by atoms with E-state index in [2.05, 4.69) is 10.4 Å². The summed E-state index contributed by atoms with van der Waals surface area (Å²) < 4.78 is 12.9. The Morgan fingerprint density at radius 1 is 1.47 bits per heavy atom. The molecule has 1 aromatic heterocycles. The van der Waals surface area contributed by atoms with Gasteiger partial charge in [-0.05, 0) is 26.7 Å². The Morgan fingerprint density at radius 2 is 2.11 bits per heavy atom. The third-order valence-electron chi connectivity index (χ3n) is 3.48. The summed E-state index contributed by atoms with van der Waals surface area (Å²) in [5, 5.41) is 7.21.